The monoisotopic (exact) mass is 380 g/mol. The normalized spacial score (nSPS) is 11.9. The van der Waals surface area contributed by atoms with Crippen LogP contribution in [0.4, 0.5) is 5.69 Å². The maximum Gasteiger partial charge on any atom is 0.283 e. The maximum absolute atomic E-state index is 12.1. The second-order valence-electron chi connectivity index (χ2n) is 5.00. The molecular formula is C12H21BrN4O3S. The van der Waals surface area contributed by atoms with Crippen molar-refractivity contribution in [2.75, 3.05) is 24.2 Å². The van der Waals surface area contributed by atoms with E-state index >= 15 is 0 Å². The number of rotatable bonds is 8. The van der Waals surface area contributed by atoms with Crippen LogP contribution in [0.15, 0.2) is 15.5 Å². The molecule has 1 aromatic heterocycles. The summed E-state index contributed by atoms with van der Waals surface area (Å²) in [5.74, 6) is 0.244. The molecule has 0 atom stereocenters. The van der Waals surface area contributed by atoms with Gasteiger partial charge in [-0.15, -0.1) is 0 Å². The summed E-state index contributed by atoms with van der Waals surface area (Å²) in [5.41, 5.74) is 0.259. The first kappa shape index (κ1) is 18.1. The van der Waals surface area contributed by atoms with E-state index in [1.54, 1.807) is 6.92 Å². The van der Waals surface area contributed by atoms with Gasteiger partial charge in [-0.2, -0.15) is 5.10 Å². The van der Waals surface area contributed by atoms with E-state index < -0.39 is 10.0 Å². The van der Waals surface area contributed by atoms with Crippen LogP contribution in [0.5, 0.6) is 0 Å². The highest BCUT2D eigenvalue weighted by Gasteiger charge is 2.12. The van der Waals surface area contributed by atoms with Crippen molar-refractivity contribution in [3.63, 3.8) is 0 Å². The first-order valence-electron chi connectivity index (χ1n) is 6.73. The lowest BCUT2D eigenvalue weighted by Crippen LogP contribution is -2.30. The maximum atomic E-state index is 12.1. The number of hydrogen-bond donors (Lipinski definition) is 2. The smallest absolute Gasteiger partial charge is 0.283 e. The molecule has 1 rings (SSSR count). The zero-order valence-electron chi connectivity index (χ0n) is 12.4. The zero-order chi connectivity index (χ0) is 16.0. The molecule has 0 saturated heterocycles. The molecule has 0 fully saturated rings. The van der Waals surface area contributed by atoms with Crippen LogP contribution in [0.3, 0.4) is 0 Å². The van der Waals surface area contributed by atoms with Gasteiger partial charge in [0.15, 0.2) is 0 Å². The number of nitrogens with one attached hydrogen (secondary N) is 2. The quantitative estimate of drug-likeness (QED) is 0.701. The van der Waals surface area contributed by atoms with Crippen LogP contribution in [0.25, 0.3) is 0 Å². The van der Waals surface area contributed by atoms with E-state index in [0.717, 1.165) is 0 Å². The minimum Gasteiger partial charge on any atom is -0.382 e. The molecular weight excluding hydrogens is 360 g/mol. The van der Waals surface area contributed by atoms with Gasteiger partial charge in [0.2, 0.25) is 10.0 Å². The van der Waals surface area contributed by atoms with Gasteiger partial charge in [-0.1, -0.05) is 20.8 Å². The van der Waals surface area contributed by atoms with Crippen LogP contribution in [0.2, 0.25) is 0 Å². The fraction of sp³-hybridized carbons (Fsp3) is 0.667. The first-order valence-corrected chi connectivity index (χ1v) is 9.18. The minimum absolute atomic E-state index is 0.0671. The molecule has 7 nitrogen and oxygen atoms in total. The molecule has 0 radical (unpaired) electrons. The van der Waals surface area contributed by atoms with Gasteiger partial charge in [-0.3, -0.25) is 4.79 Å². The highest BCUT2D eigenvalue weighted by molar-refractivity contribution is 9.10. The van der Waals surface area contributed by atoms with Crippen LogP contribution < -0.4 is 15.6 Å². The molecule has 0 amide bonds. The lowest BCUT2D eigenvalue weighted by Gasteiger charge is -2.12. The summed E-state index contributed by atoms with van der Waals surface area (Å²) in [4.78, 5) is 12.1. The van der Waals surface area contributed by atoms with Crippen molar-refractivity contribution in [3.05, 3.63) is 21.0 Å². The molecule has 0 bridgehead atoms. The van der Waals surface area contributed by atoms with Gasteiger partial charge in [0.25, 0.3) is 5.56 Å². The average molecular weight is 381 g/mol. The Bertz CT molecular complexity index is 628. The summed E-state index contributed by atoms with van der Waals surface area (Å²) in [5, 5.41) is 6.98. The Kier molecular flexibility index (Phi) is 6.82. The topological polar surface area (TPSA) is 93.1 Å². The largest absolute Gasteiger partial charge is 0.382 e. The third kappa shape index (κ3) is 5.76. The van der Waals surface area contributed by atoms with Crippen LogP contribution in [-0.2, 0) is 16.6 Å². The van der Waals surface area contributed by atoms with Crippen LogP contribution in [0.1, 0.15) is 20.8 Å². The Balaban J connectivity index is 2.74. The van der Waals surface area contributed by atoms with E-state index in [2.05, 4.69) is 31.1 Å². The number of halogens is 1. The van der Waals surface area contributed by atoms with Gasteiger partial charge >= 0.3 is 0 Å². The predicted molar refractivity (Wildman–Crippen MR) is 87.0 cm³/mol. The molecule has 2 N–H and O–H groups in total. The van der Waals surface area contributed by atoms with Gasteiger partial charge in [0, 0.05) is 19.6 Å². The lowest BCUT2D eigenvalue weighted by atomic mass is 10.2. The molecule has 0 aromatic carbocycles. The summed E-state index contributed by atoms with van der Waals surface area (Å²) in [6.45, 7) is 6.81. The second kappa shape index (κ2) is 7.90. The molecule has 1 aromatic rings. The zero-order valence-corrected chi connectivity index (χ0v) is 14.8. The Morgan fingerprint density at radius 3 is 2.67 bits per heavy atom. The molecule has 120 valence electrons. The Hall–Kier alpha value is -0.930. The third-order valence-corrected chi connectivity index (χ3v) is 4.81. The molecule has 0 spiro atoms. The van der Waals surface area contributed by atoms with Crippen molar-refractivity contribution in [1.29, 1.82) is 0 Å². The molecule has 21 heavy (non-hydrogen) atoms. The highest BCUT2D eigenvalue weighted by Crippen LogP contribution is 2.16. The molecule has 0 aliphatic carbocycles. The second-order valence-corrected chi connectivity index (χ2v) is 7.72. The Labute approximate surface area is 133 Å². The summed E-state index contributed by atoms with van der Waals surface area (Å²) in [7, 11) is -3.28. The molecule has 0 aliphatic rings. The molecule has 0 aliphatic heterocycles. The molecule has 1 heterocycles. The van der Waals surface area contributed by atoms with Crippen molar-refractivity contribution in [2.45, 2.75) is 27.3 Å². The van der Waals surface area contributed by atoms with Crippen molar-refractivity contribution in [1.82, 2.24) is 14.5 Å². The van der Waals surface area contributed by atoms with Gasteiger partial charge < -0.3 is 5.32 Å². The number of anilines is 1. The van der Waals surface area contributed by atoms with Gasteiger partial charge in [0.05, 0.1) is 17.6 Å². The van der Waals surface area contributed by atoms with E-state index in [-0.39, 0.29) is 17.9 Å². The van der Waals surface area contributed by atoms with E-state index in [1.807, 2.05) is 13.8 Å². The van der Waals surface area contributed by atoms with E-state index in [0.29, 0.717) is 29.2 Å². The number of hydrogen-bond acceptors (Lipinski definition) is 5. The van der Waals surface area contributed by atoms with Crippen molar-refractivity contribution < 1.29 is 8.42 Å². The molecule has 9 heteroatoms. The van der Waals surface area contributed by atoms with Gasteiger partial charge in [-0.25, -0.2) is 17.8 Å². The van der Waals surface area contributed by atoms with Crippen molar-refractivity contribution >= 4 is 31.6 Å². The predicted octanol–water partition coefficient (Wildman–Crippen LogP) is 1.01. The lowest BCUT2D eigenvalue weighted by molar-refractivity contribution is 0.462. The fourth-order valence-corrected chi connectivity index (χ4v) is 3.08. The standard InChI is InChI=1S/C12H21BrN4O3S/c1-4-16-21(19,20)6-5-14-10-7-15-17(8-9(2)3)12(18)11(10)13/h7,9,14,16H,4-6,8H2,1-3H3. The third-order valence-electron chi connectivity index (χ3n) is 2.57. The van der Waals surface area contributed by atoms with Crippen LogP contribution in [-0.4, -0.2) is 37.0 Å². The minimum atomic E-state index is -3.28. The number of aromatic nitrogens is 2. The highest BCUT2D eigenvalue weighted by atomic mass is 79.9. The van der Waals surface area contributed by atoms with Crippen LogP contribution >= 0.6 is 15.9 Å². The first-order chi connectivity index (χ1) is 9.76. The number of sulfonamides is 1. The van der Waals surface area contributed by atoms with Crippen LogP contribution in [0, 0.1) is 5.92 Å². The summed E-state index contributed by atoms with van der Waals surface area (Å²) >= 11 is 3.23. The van der Waals surface area contributed by atoms with Crippen molar-refractivity contribution in [2.24, 2.45) is 5.92 Å². The SMILES string of the molecule is CCNS(=O)(=O)CCNc1cnn(CC(C)C)c(=O)c1Br. The van der Waals surface area contributed by atoms with E-state index in [1.165, 1.54) is 10.9 Å². The Morgan fingerprint density at radius 1 is 1.43 bits per heavy atom. The van der Waals surface area contributed by atoms with Gasteiger partial charge in [-0.05, 0) is 21.8 Å². The fourth-order valence-electron chi connectivity index (χ4n) is 1.68. The molecule has 0 saturated carbocycles. The summed E-state index contributed by atoms with van der Waals surface area (Å²) in [6.07, 6.45) is 1.52. The molecule has 0 unspecified atom stereocenters. The van der Waals surface area contributed by atoms with Crippen molar-refractivity contribution in [3.8, 4) is 0 Å². The summed E-state index contributed by atoms with van der Waals surface area (Å²) < 4.78 is 27.2. The number of nitrogens with zero attached hydrogens (tertiary/aromatic N) is 2. The summed E-state index contributed by atoms with van der Waals surface area (Å²) in [6, 6.07) is 0. The average Bonchev–Trinajstić information content (AvgIpc) is 2.37. The van der Waals surface area contributed by atoms with E-state index in [4.69, 9.17) is 0 Å². The van der Waals surface area contributed by atoms with Gasteiger partial charge in [0.1, 0.15) is 4.47 Å². The van der Waals surface area contributed by atoms with E-state index in [9.17, 15) is 13.2 Å². The Morgan fingerprint density at radius 2 is 2.10 bits per heavy atom.